The molecule has 0 aromatic heterocycles. The highest BCUT2D eigenvalue weighted by atomic mass is 16.5. The molecular weight excluding hydrogens is 368 g/mol. The molecule has 2 aromatic carbocycles. The highest BCUT2D eigenvalue weighted by molar-refractivity contribution is 6.08. The monoisotopic (exact) mass is 392 g/mol. The zero-order valence-electron chi connectivity index (χ0n) is 16.8. The van der Waals surface area contributed by atoms with Gasteiger partial charge in [0.15, 0.2) is 11.5 Å². The fourth-order valence-corrected chi connectivity index (χ4v) is 2.75. The number of aromatic hydroxyl groups is 1. The van der Waals surface area contributed by atoms with Crippen LogP contribution in [0.1, 0.15) is 18.9 Å². The first-order valence-corrected chi connectivity index (χ1v) is 9.16. The number of rotatable bonds is 8. The fraction of sp³-hybridized carbons (Fsp3) is 0.217. The third kappa shape index (κ3) is 5.39. The van der Waals surface area contributed by atoms with E-state index in [1.807, 2.05) is 43.3 Å². The van der Waals surface area contributed by atoms with Crippen LogP contribution < -0.4 is 14.4 Å². The van der Waals surface area contributed by atoms with E-state index >= 15 is 0 Å². The van der Waals surface area contributed by atoms with Crippen LogP contribution in [-0.4, -0.2) is 31.8 Å². The van der Waals surface area contributed by atoms with Crippen molar-refractivity contribution in [2.24, 2.45) is 0 Å². The summed E-state index contributed by atoms with van der Waals surface area (Å²) in [7, 11) is 2.89. The minimum atomic E-state index is -0.355. The minimum Gasteiger partial charge on any atom is -0.502 e. The molecule has 0 radical (unpaired) electrons. The molecule has 0 aliphatic rings. The number of ether oxygens (including phenoxy) is 2. The van der Waals surface area contributed by atoms with Gasteiger partial charge in [-0.25, -0.2) is 0 Å². The van der Waals surface area contributed by atoms with E-state index in [1.165, 1.54) is 20.3 Å². The van der Waals surface area contributed by atoms with Crippen LogP contribution in [0.4, 0.5) is 5.69 Å². The van der Waals surface area contributed by atoms with Crippen LogP contribution in [0, 0.1) is 11.3 Å². The molecule has 0 aliphatic carbocycles. The summed E-state index contributed by atoms with van der Waals surface area (Å²) in [5.74, 6) is 0.0882. The molecular formula is C23H24N2O4. The molecule has 150 valence electrons. The van der Waals surface area contributed by atoms with Crippen molar-refractivity contribution in [2.45, 2.75) is 13.3 Å². The molecule has 6 heteroatoms. The van der Waals surface area contributed by atoms with E-state index < -0.39 is 0 Å². The van der Waals surface area contributed by atoms with Gasteiger partial charge in [0.05, 0.1) is 14.2 Å². The van der Waals surface area contributed by atoms with E-state index in [1.54, 1.807) is 29.2 Å². The van der Waals surface area contributed by atoms with Gasteiger partial charge >= 0.3 is 0 Å². The van der Waals surface area contributed by atoms with Crippen LogP contribution in [-0.2, 0) is 4.79 Å². The third-order valence-corrected chi connectivity index (χ3v) is 4.16. The Kier molecular flexibility index (Phi) is 7.87. The number of carbonyl (C=O) groups is 1. The van der Waals surface area contributed by atoms with Crippen molar-refractivity contribution >= 4 is 17.7 Å². The lowest BCUT2D eigenvalue weighted by atomic mass is 10.1. The Morgan fingerprint density at radius 1 is 1.17 bits per heavy atom. The summed E-state index contributed by atoms with van der Waals surface area (Å²) in [5, 5.41) is 19.5. The second-order valence-electron chi connectivity index (χ2n) is 6.12. The fourth-order valence-electron chi connectivity index (χ4n) is 2.75. The lowest BCUT2D eigenvalue weighted by Crippen LogP contribution is -2.32. The van der Waals surface area contributed by atoms with Crippen molar-refractivity contribution in [1.29, 1.82) is 5.26 Å². The Labute approximate surface area is 170 Å². The number of hydrogen-bond donors (Lipinski definition) is 1. The number of anilines is 1. The van der Waals surface area contributed by atoms with Gasteiger partial charge in [0.25, 0.3) is 5.91 Å². The summed E-state index contributed by atoms with van der Waals surface area (Å²) in [6.07, 6.45) is 5.54. The molecule has 0 saturated carbocycles. The predicted molar refractivity (Wildman–Crippen MR) is 113 cm³/mol. The zero-order valence-corrected chi connectivity index (χ0v) is 16.8. The molecule has 0 saturated heterocycles. The first kappa shape index (κ1) is 21.6. The van der Waals surface area contributed by atoms with Crippen LogP contribution in [0.3, 0.4) is 0 Å². The standard InChI is InChI=1S/C23H24N2O4/c1-4-13-25(19-11-6-5-7-12-19)23(27)18(16-24)10-8-9-17-14-20(28-2)22(26)21(15-17)29-3/h5-12,14-15,26H,4,13H2,1-3H3/b9-8+,18-10+. The smallest absolute Gasteiger partial charge is 0.268 e. The number of para-hydroxylation sites is 1. The molecule has 0 atom stereocenters. The lowest BCUT2D eigenvalue weighted by Gasteiger charge is -2.21. The molecule has 0 bridgehead atoms. The molecule has 2 rings (SSSR count). The summed E-state index contributed by atoms with van der Waals surface area (Å²) in [6, 6.07) is 14.5. The van der Waals surface area contributed by atoms with Crippen LogP contribution in [0.5, 0.6) is 17.2 Å². The first-order valence-electron chi connectivity index (χ1n) is 9.16. The molecule has 0 spiro atoms. The number of nitrogens with zero attached hydrogens (tertiary/aromatic N) is 2. The number of benzene rings is 2. The highest BCUT2D eigenvalue weighted by Crippen LogP contribution is 2.37. The van der Waals surface area contributed by atoms with Crippen molar-refractivity contribution in [3.8, 4) is 23.3 Å². The second kappa shape index (κ2) is 10.6. The van der Waals surface area contributed by atoms with Crippen molar-refractivity contribution in [3.63, 3.8) is 0 Å². The van der Waals surface area contributed by atoms with Gasteiger partial charge in [0.2, 0.25) is 5.75 Å². The summed E-state index contributed by atoms with van der Waals surface area (Å²) in [6.45, 7) is 2.49. The summed E-state index contributed by atoms with van der Waals surface area (Å²) in [5.41, 5.74) is 1.46. The topological polar surface area (TPSA) is 82.8 Å². The van der Waals surface area contributed by atoms with Crippen LogP contribution in [0.25, 0.3) is 6.08 Å². The van der Waals surface area contributed by atoms with Crippen molar-refractivity contribution in [3.05, 3.63) is 65.8 Å². The number of phenols is 1. The van der Waals surface area contributed by atoms with E-state index in [-0.39, 0.29) is 28.7 Å². The van der Waals surface area contributed by atoms with Crippen LogP contribution >= 0.6 is 0 Å². The largest absolute Gasteiger partial charge is 0.502 e. The quantitative estimate of drug-likeness (QED) is 0.411. The molecule has 6 nitrogen and oxygen atoms in total. The van der Waals surface area contributed by atoms with E-state index in [4.69, 9.17) is 9.47 Å². The van der Waals surface area contributed by atoms with E-state index in [2.05, 4.69) is 0 Å². The Bertz CT molecular complexity index is 918. The second-order valence-corrected chi connectivity index (χ2v) is 6.12. The van der Waals surface area contributed by atoms with Crippen LogP contribution in [0.2, 0.25) is 0 Å². The molecule has 0 unspecified atom stereocenters. The molecule has 1 N–H and O–H groups in total. The number of allylic oxidation sites excluding steroid dienone is 2. The number of nitriles is 1. The summed E-state index contributed by atoms with van der Waals surface area (Å²) in [4.78, 5) is 14.5. The zero-order chi connectivity index (χ0) is 21.2. The Hall–Kier alpha value is -3.72. The van der Waals surface area contributed by atoms with Crippen LogP contribution in [0.15, 0.2) is 60.2 Å². The van der Waals surface area contributed by atoms with Crippen molar-refractivity contribution < 1.29 is 19.4 Å². The summed E-state index contributed by atoms with van der Waals surface area (Å²) >= 11 is 0. The van der Waals surface area contributed by atoms with Gasteiger partial charge in [-0.3, -0.25) is 4.79 Å². The molecule has 0 aliphatic heterocycles. The van der Waals surface area contributed by atoms with Gasteiger partial charge in [-0.05, 0) is 42.3 Å². The molecule has 2 aromatic rings. The van der Waals surface area contributed by atoms with Gasteiger partial charge in [-0.2, -0.15) is 5.26 Å². The van der Waals surface area contributed by atoms with E-state index in [0.29, 0.717) is 12.1 Å². The number of phenolic OH excluding ortho intramolecular Hbond substituents is 1. The SMILES string of the molecule is CCCN(C(=O)/C(C#N)=C/C=C/c1cc(OC)c(O)c(OC)c1)c1ccccc1. The predicted octanol–water partition coefficient (Wildman–Crippen LogP) is 4.32. The average Bonchev–Trinajstić information content (AvgIpc) is 2.76. The Morgan fingerprint density at radius 2 is 1.79 bits per heavy atom. The summed E-state index contributed by atoms with van der Waals surface area (Å²) < 4.78 is 10.3. The number of hydrogen-bond acceptors (Lipinski definition) is 5. The third-order valence-electron chi connectivity index (χ3n) is 4.16. The highest BCUT2D eigenvalue weighted by Gasteiger charge is 2.18. The molecule has 0 fully saturated rings. The maximum atomic E-state index is 12.9. The lowest BCUT2D eigenvalue weighted by molar-refractivity contribution is -0.114. The normalized spacial score (nSPS) is 11.2. The van der Waals surface area contributed by atoms with E-state index in [9.17, 15) is 15.2 Å². The van der Waals surface area contributed by atoms with Gasteiger partial charge < -0.3 is 19.5 Å². The van der Waals surface area contributed by atoms with E-state index in [0.717, 1.165) is 12.1 Å². The van der Waals surface area contributed by atoms with Gasteiger partial charge in [-0.15, -0.1) is 0 Å². The maximum absolute atomic E-state index is 12.9. The Morgan fingerprint density at radius 3 is 2.31 bits per heavy atom. The Balaban J connectivity index is 2.29. The average molecular weight is 392 g/mol. The van der Waals surface area contributed by atoms with Crippen molar-refractivity contribution in [2.75, 3.05) is 25.7 Å². The van der Waals surface area contributed by atoms with Crippen molar-refractivity contribution in [1.82, 2.24) is 0 Å². The number of carbonyl (C=O) groups excluding carboxylic acids is 1. The minimum absolute atomic E-state index is 0.0243. The molecule has 1 amide bonds. The number of amides is 1. The van der Waals surface area contributed by atoms with Gasteiger partial charge in [0, 0.05) is 12.2 Å². The molecule has 0 heterocycles. The molecule has 29 heavy (non-hydrogen) atoms. The maximum Gasteiger partial charge on any atom is 0.268 e. The van der Waals surface area contributed by atoms with Gasteiger partial charge in [0.1, 0.15) is 11.6 Å². The van der Waals surface area contributed by atoms with Gasteiger partial charge in [-0.1, -0.05) is 37.3 Å². The first-order chi connectivity index (χ1) is 14.0. The number of methoxy groups -OCH3 is 2.